The van der Waals surface area contributed by atoms with Crippen molar-refractivity contribution in [2.45, 2.75) is 12.5 Å². The summed E-state index contributed by atoms with van der Waals surface area (Å²) in [6, 6.07) is 14.8. The van der Waals surface area contributed by atoms with Crippen LogP contribution in [0.2, 0.25) is 0 Å². The van der Waals surface area contributed by atoms with Crippen molar-refractivity contribution in [3.8, 4) is 0 Å². The topological polar surface area (TPSA) is 40.7 Å². The van der Waals surface area contributed by atoms with Gasteiger partial charge in [0.2, 0.25) is 0 Å². The van der Waals surface area contributed by atoms with Crippen molar-refractivity contribution in [3.63, 3.8) is 0 Å². The molecule has 4 heteroatoms. The number of hydrogen-bond donors (Lipinski definition) is 2. The Kier molecular flexibility index (Phi) is 3.47. The van der Waals surface area contributed by atoms with Gasteiger partial charge in [-0.25, -0.2) is 0 Å². The second kappa shape index (κ2) is 5.27. The van der Waals surface area contributed by atoms with Gasteiger partial charge in [-0.2, -0.15) is 0 Å². The average Bonchev–Trinajstić information content (AvgIpc) is 2.87. The van der Waals surface area contributed by atoms with Crippen LogP contribution >= 0.6 is 12.4 Å². The van der Waals surface area contributed by atoms with Gasteiger partial charge in [-0.1, -0.05) is 24.3 Å². The van der Waals surface area contributed by atoms with Gasteiger partial charge in [0.1, 0.15) is 0 Å². The highest BCUT2D eigenvalue weighted by molar-refractivity contribution is 5.85. The molecule has 0 amide bonds. The number of benzene rings is 1. The predicted octanol–water partition coefficient (Wildman–Crippen LogP) is 3.22. The SMILES string of the molecule is Cl.c1ccc(C2NCCc3c2[nH]c2ccccc32)nc1. The number of H-pyrrole nitrogens is 1. The summed E-state index contributed by atoms with van der Waals surface area (Å²) in [6.07, 6.45) is 2.93. The maximum Gasteiger partial charge on any atom is 0.0906 e. The Hall–Kier alpha value is -1.84. The number of aromatic amines is 1. The van der Waals surface area contributed by atoms with E-state index in [9.17, 15) is 0 Å². The first kappa shape index (κ1) is 13.2. The highest BCUT2D eigenvalue weighted by Gasteiger charge is 2.25. The Labute approximate surface area is 123 Å². The minimum Gasteiger partial charge on any atom is -0.357 e. The van der Waals surface area contributed by atoms with Crippen molar-refractivity contribution < 1.29 is 0 Å². The predicted molar refractivity (Wildman–Crippen MR) is 83.3 cm³/mol. The zero-order chi connectivity index (χ0) is 12.7. The Morgan fingerprint density at radius 2 is 1.90 bits per heavy atom. The number of rotatable bonds is 1. The first-order chi connectivity index (χ1) is 9.43. The molecule has 3 nitrogen and oxygen atoms in total. The fourth-order valence-electron chi connectivity index (χ4n) is 2.98. The van der Waals surface area contributed by atoms with Crippen LogP contribution in [-0.4, -0.2) is 16.5 Å². The molecule has 3 heterocycles. The minimum absolute atomic E-state index is 0. The van der Waals surface area contributed by atoms with E-state index in [0.29, 0.717) is 0 Å². The van der Waals surface area contributed by atoms with Gasteiger partial charge in [-0.15, -0.1) is 12.4 Å². The summed E-state index contributed by atoms with van der Waals surface area (Å²) >= 11 is 0. The number of nitrogens with zero attached hydrogens (tertiary/aromatic N) is 1. The van der Waals surface area contributed by atoms with Gasteiger partial charge >= 0.3 is 0 Å². The van der Waals surface area contributed by atoms with E-state index in [2.05, 4.69) is 45.6 Å². The second-order valence-electron chi connectivity index (χ2n) is 4.95. The van der Waals surface area contributed by atoms with Crippen molar-refractivity contribution in [1.82, 2.24) is 15.3 Å². The van der Waals surface area contributed by atoms with Crippen molar-refractivity contribution in [3.05, 3.63) is 65.6 Å². The van der Waals surface area contributed by atoms with Crippen LogP contribution in [0.4, 0.5) is 0 Å². The standard InChI is InChI=1S/C16H15N3.ClH/c1-2-6-13-11(5-1)12-8-10-18-16(15(12)19-13)14-7-3-4-9-17-14;/h1-7,9,16,18-19H,8,10H2;1H. The summed E-state index contributed by atoms with van der Waals surface area (Å²) in [5.41, 5.74) is 5.00. The highest BCUT2D eigenvalue weighted by atomic mass is 35.5. The van der Waals surface area contributed by atoms with Crippen LogP contribution in [0.3, 0.4) is 0 Å². The van der Waals surface area contributed by atoms with E-state index >= 15 is 0 Å². The fraction of sp³-hybridized carbons (Fsp3) is 0.188. The molecule has 1 aliphatic heterocycles. The number of nitrogens with one attached hydrogen (secondary N) is 2. The Morgan fingerprint density at radius 3 is 2.75 bits per heavy atom. The van der Waals surface area contributed by atoms with Crippen molar-refractivity contribution in [1.29, 1.82) is 0 Å². The molecule has 1 unspecified atom stereocenters. The number of hydrogen-bond acceptors (Lipinski definition) is 2. The van der Waals surface area contributed by atoms with Crippen molar-refractivity contribution >= 4 is 23.3 Å². The van der Waals surface area contributed by atoms with Crippen LogP contribution in [0, 0.1) is 0 Å². The lowest BCUT2D eigenvalue weighted by molar-refractivity contribution is 0.549. The minimum atomic E-state index is 0. The van der Waals surface area contributed by atoms with Gasteiger partial charge in [-0.05, 0) is 30.2 Å². The molecule has 102 valence electrons. The van der Waals surface area contributed by atoms with Crippen molar-refractivity contribution in [2.24, 2.45) is 0 Å². The summed E-state index contributed by atoms with van der Waals surface area (Å²) in [6.45, 7) is 0.996. The molecule has 0 saturated carbocycles. The molecule has 1 aliphatic rings. The lowest BCUT2D eigenvalue weighted by Crippen LogP contribution is -2.30. The lowest BCUT2D eigenvalue weighted by Gasteiger charge is -2.23. The third-order valence-corrected chi connectivity index (χ3v) is 3.84. The van der Waals surface area contributed by atoms with E-state index in [1.165, 1.54) is 22.2 Å². The summed E-state index contributed by atoms with van der Waals surface area (Å²) in [5, 5.41) is 4.91. The van der Waals surface area contributed by atoms with Crippen LogP contribution < -0.4 is 5.32 Å². The maximum atomic E-state index is 4.49. The van der Waals surface area contributed by atoms with Gasteiger partial charge in [0, 0.05) is 29.3 Å². The van der Waals surface area contributed by atoms with Gasteiger partial charge in [0.25, 0.3) is 0 Å². The molecule has 0 bridgehead atoms. The Morgan fingerprint density at radius 1 is 1.05 bits per heavy atom. The molecular formula is C16H16ClN3. The molecular weight excluding hydrogens is 270 g/mol. The Balaban J connectivity index is 0.00000121. The summed E-state index contributed by atoms with van der Waals surface area (Å²) in [5.74, 6) is 0. The molecule has 2 aromatic heterocycles. The first-order valence-corrected chi connectivity index (χ1v) is 6.67. The lowest BCUT2D eigenvalue weighted by atomic mass is 9.97. The number of fused-ring (bicyclic) bond motifs is 3. The molecule has 0 radical (unpaired) electrons. The third kappa shape index (κ3) is 1.99. The summed E-state index contributed by atoms with van der Waals surface area (Å²) in [4.78, 5) is 8.05. The smallest absolute Gasteiger partial charge is 0.0906 e. The van der Waals surface area contributed by atoms with Crippen LogP contribution in [0.5, 0.6) is 0 Å². The normalized spacial score (nSPS) is 17.5. The maximum absolute atomic E-state index is 4.49. The fourth-order valence-corrected chi connectivity index (χ4v) is 2.98. The van der Waals surface area contributed by atoms with Gasteiger partial charge in [-0.3, -0.25) is 4.98 Å². The molecule has 0 saturated heterocycles. The van der Waals surface area contributed by atoms with Crippen LogP contribution in [0.15, 0.2) is 48.7 Å². The third-order valence-electron chi connectivity index (χ3n) is 3.84. The van der Waals surface area contributed by atoms with Gasteiger partial charge in [0.05, 0.1) is 11.7 Å². The monoisotopic (exact) mass is 285 g/mol. The van der Waals surface area contributed by atoms with E-state index in [1.807, 2.05) is 18.3 Å². The molecule has 0 aliphatic carbocycles. The highest BCUT2D eigenvalue weighted by Crippen LogP contribution is 2.32. The number of para-hydroxylation sites is 1. The summed E-state index contributed by atoms with van der Waals surface area (Å²) in [7, 11) is 0. The van der Waals surface area contributed by atoms with Crippen LogP contribution in [0.1, 0.15) is 23.0 Å². The zero-order valence-corrected chi connectivity index (χ0v) is 11.8. The zero-order valence-electron chi connectivity index (χ0n) is 11.0. The number of aromatic nitrogens is 2. The molecule has 2 N–H and O–H groups in total. The van der Waals surface area contributed by atoms with E-state index in [0.717, 1.165) is 18.7 Å². The number of pyridine rings is 1. The molecule has 0 spiro atoms. The second-order valence-corrected chi connectivity index (χ2v) is 4.95. The van der Waals surface area contributed by atoms with E-state index in [4.69, 9.17) is 0 Å². The number of halogens is 1. The van der Waals surface area contributed by atoms with Gasteiger partial charge in [0.15, 0.2) is 0 Å². The molecule has 0 fully saturated rings. The van der Waals surface area contributed by atoms with E-state index in [-0.39, 0.29) is 18.4 Å². The first-order valence-electron chi connectivity index (χ1n) is 6.67. The molecule has 4 rings (SSSR count). The van der Waals surface area contributed by atoms with E-state index < -0.39 is 0 Å². The quantitative estimate of drug-likeness (QED) is 0.721. The molecule has 20 heavy (non-hydrogen) atoms. The summed E-state index contributed by atoms with van der Waals surface area (Å²) < 4.78 is 0. The van der Waals surface area contributed by atoms with Gasteiger partial charge < -0.3 is 10.3 Å². The molecule has 1 aromatic carbocycles. The van der Waals surface area contributed by atoms with Crippen molar-refractivity contribution in [2.75, 3.05) is 6.54 Å². The van der Waals surface area contributed by atoms with Crippen LogP contribution in [-0.2, 0) is 6.42 Å². The van der Waals surface area contributed by atoms with Crippen LogP contribution in [0.25, 0.3) is 10.9 Å². The average molecular weight is 286 g/mol. The molecule has 1 atom stereocenters. The molecule has 3 aromatic rings. The largest absolute Gasteiger partial charge is 0.357 e. The van der Waals surface area contributed by atoms with E-state index in [1.54, 1.807) is 0 Å². The Bertz CT molecular complexity index is 721.